The van der Waals surface area contributed by atoms with Crippen molar-refractivity contribution in [2.75, 3.05) is 43.8 Å². The van der Waals surface area contributed by atoms with E-state index in [1.54, 1.807) is 24.3 Å². The molecule has 0 spiro atoms. The maximum Gasteiger partial charge on any atom is 0.253 e. The van der Waals surface area contributed by atoms with Gasteiger partial charge in [0, 0.05) is 45.3 Å². The zero-order valence-corrected chi connectivity index (χ0v) is 16.5. The van der Waals surface area contributed by atoms with Crippen molar-refractivity contribution in [1.29, 1.82) is 0 Å². The van der Waals surface area contributed by atoms with Gasteiger partial charge in [0.15, 0.2) is 0 Å². The van der Waals surface area contributed by atoms with E-state index in [9.17, 15) is 13.2 Å². The Balaban J connectivity index is 1.57. The van der Waals surface area contributed by atoms with E-state index in [1.807, 2.05) is 23.1 Å². The van der Waals surface area contributed by atoms with Crippen LogP contribution in [0.1, 0.15) is 15.9 Å². The van der Waals surface area contributed by atoms with Gasteiger partial charge in [0.05, 0.1) is 11.9 Å². The Morgan fingerprint density at radius 1 is 0.963 bits per heavy atom. The molecule has 0 bridgehead atoms. The van der Waals surface area contributed by atoms with E-state index < -0.39 is 10.0 Å². The number of nitrogens with zero attached hydrogens (tertiary/aromatic N) is 3. The van der Waals surface area contributed by atoms with Gasteiger partial charge in [-0.25, -0.2) is 8.42 Å². The quantitative estimate of drug-likeness (QED) is 0.788. The third kappa shape index (κ3) is 4.87. The standard InChI is InChI=1S/C20H25N3O3S/c1-21(27(2,25)26)19-10-8-18(9-11-19)20(24)23-14-12-22(13-15-23)16-17-6-4-3-5-7-17/h3-11H,12-16H2,1-2H3. The maximum absolute atomic E-state index is 12.7. The molecule has 2 aromatic rings. The Hall–Kier alpha value is -2.38. The molecule has 0 unspecified atom stereocenters. The van der Waals surface area contributed by atoms with Gasteiger partial charge < -0.3 is 4.90 Å². The lowest BCUT2D eigenvalue weighted by Crippen LogP contribution is -2.48. The predicted octanol–water partition coefficient (Wildman–Crippen LogP) is 2.04. The van der Waals surface area contributed by atoms with Crippen LogP contribution in [-0.4, -0.2) is 63.6 Å². The fraction of sp³-hybridized carbons (Fsp3) is 0.350. The number of rotatable bonds is 5. The molecule has 0 N–H and O–H groups in total. The van der Waals surface area contributed by atoms with Crippen LogP contribution in [0.15, 0.2) is 54.6 Å². The molecular weight excluding hydrogens is 362 g/mol. The van der Waals surface area contributed by atoms with Gasteiger partial charge in [-0.05, 0) is 29.8 Å². The molecule has 0 aliphatic carbocycles. The first-order valence-electron chi connectivity index (χ1n) is 8.94. The zero-order valence-electron chi connectivity index (χ0n) is 15.7. The van der Waals surface area contributed by atoms with Crippen molar-refractivity contribution >= 4 is 21.6 Å². The summed E-state index contributed by atoms with van der Waals surface area (Å²) >= 11 is 0. The summed E-state index contributed by atoms with van der Waals surface area (Å²) in [6.07, 6.45) is 1.15. The van der Waals surface area contributed by atoms with Gasteiger partial charge in [-0.2, -0.15) is 0 Å². The van der Waals surface area contributed by atoms with E-state index in [-0.39, 0.29) is 5.91 Å². The molecule has 1 fully saturated rings. The van der Waals surface area contributed by atoms with E-state index >= 15 is 0 Å². The summed E-state index contributed by atoms with van der Waals surface area (Å²) in [6.45, 7) is 3.97. The van der Waals surface area contributed by atoms with Crippen LogP contribution in [0.25, 0.3) is 0 Å². The molecule has 1 heterocycles. The van der Waals surface area contributed by atoms with Crippen molar-refractivity contribution in [3.63, 3.8) is 0 Å². The second kappa shape index (κ2) is 8.10. The largest absolute Gasteiger partial charge is 0.336 e. The summed E-state index contributed by atoms with van der Waals surface area (Å²) in [5.41, 5.74) is 2.40. The van der Waals surface area contributed by atoms with Gasteiger partial charge in [0.25, 0.3) is 5.91 Å². The average Bonchev–Trinajstić information content (AvgIpc) is 2.68. The lowest BCUT2D eigenvalue weighted by molar-refractivity contribution is 0.0628. The van der Waals surface area contributed by atoms with Crippen molar-refractivity contribution in [2.24, 2.45) is 0 Å². The predicted molar refractivity (Wildman–Crippen MR) is 107 cm³/mol. The highest BCUT2D eigenvalue weighted by Gasteiger charge is 2.22. The second-order valence-electron chi connectivity index (χ2n) is 6.83. The summed E-state index contributed by atoms with van der Waals surface area (Å²) in [5.74, 6) is -0.0112. The Bertz CT molecular complexity index is 874. The summed E-state index contributed by atoms with van der Waals surface area (Å²) in [7, 11) is -1.81. The van der Waals surface area contributed by atoms with E-state index in [0.29, 0.717) is 24.3 Å². The highest BCUT2D eigenvalue weighted by Crippen LogP contribution is 2.18. The summed E-state index contributed by atoms with van der Waals surface area (Å²) in [5, 5.41) is 0. The Kier molecular flexibility index (Phi) is 5.82. The van der Waals surface area contributed by atoms with Crippen LogP contribution in [0.3, 0.4) is 0 Å². The number of amides is 1. The lowest BCUT2D eigenvalue weighted by atomic mass is 10.1. The number of sulfonamides is 1. The molecular formula is C20H25N3O3S. The van der Waals surface area contributed by atoms with Crippen LogP contribution in [-0.2, 0) is 16.6 Å². The van der Waals surface area contributed by atoms with Crippen molar-refractivity contribution in [3.8, 4) is 0 Å². The number of anilines is 1. The van der Waals surface area contributed by atoms with Crippen LogP contribution in [0.2, 0.25) is 0 Å². The van der Waals surface area contributed by atoms with Crippen molar-refractivity contribution in [1.82, 2.24) is 9.80 Å². The second-order valence-corrected chi connectivity index (χ2v) is 8.85. The lowest BCUT2D eigenvalue weighted by Gasteiger charge is -2.34. The molecule has 0 aromatic heterocycles. The number of piperazine rings is 1. The normalized spacial score (nSPS) is 15.6. The summed E-state index contributed by atoms with van der Waals surface area (Å²) in [6, 6.07) is 17.0. The number of hydrogen-bond donors (Lipinski definition) is 0. The molecule has 3 rings (SSSR count). The molecule has 27 heavy (non-hydrogen) atoms. The zero-order chi connectivity index (χ0) is 19.4. The smallest absolute Gasteiger partial charge is 0.253 e. The van der Waals surface area contributed by atoms with E-state index in [4.69, 9.17) is 0 Å². The Morgan fingerprint density at radius 3 is 2.11 bits per heavy atom. The fourth-order valence-corrected chi connectivity index (χ4v) is 3.64. The molecule has 6 nitrogen and oxygen atoms in total. The number of carbonyl (C=O) groups excluding carboxylic acids is 1. The van der Waals surface area contributed by atoms with Gasteiger partial charge in [-0.3, -0.25) is 14.0 Å². The first-order valence-corrected chi connectivity index (χ1v) is 10.8. The molecule has 1 saturated heterocycles. The Labute approximate surface area is 161 Å². The highest BCUT2D eigenvalue weighted by atomic mass is 32.2. The third-order valence-corrected chi connectivity index (χ3v) is 6.09. The number of carbonyl (C=O) groups is 1. The minimum atomic E-state index is -3.31. The summed E-state index contributed by atoms with van der Waals surface area (Å²) in [4.78, 5) is 16.9. The molecule has 2 aromatic carbocycles. The van der Waals surface area contributed by atoms with Crippen molar-refractivity contribution < 1.29 is 13.2 Å². The van der Waals surface area contributed by atoms with Gasteiger partial charge in [-0.1, -0.05) is 30.3 Å². The molecule has 0 atom stereocenters. The monoisotopic (exact) mass is 387 g/mol. The SMILES string of the molecule is CN(c1ccc(C(=O)N2CCN(Cc3ccccc3)CC2)cc1)S(C)(=O)=O. The first kappa shape index (κ1) is 19.4. The molecule has 7 heteroatoms. The molecule has 1 amide bonds. The molecule has 1 aliphatic rings. The minimum Gasteiger partial charge on any atom is -0.336 e. The fourth-order valence-electron chi connectivity index (χ4n) is 3.14. The van der Waals surface area contributed by atoms with Crippen LogP contribution in [0, 0.1) is 0 Å². The Morgan fingerprint density at radius 2 is 1.56 bits per heavy atom. The van der Waals surface area contributed by atoms with Gasteiger partial charge >= 0.3 is 0 Å². The first-order chi connectivity index (χ1) is 12.8. The number of hydrogen-bond acceptors (Lipinski definition) is 4. The molecule has 0 radical (unpaired) electrons. The molecule has 1 aliphatic heterocycles. The topological polar surface area (TPSA) is 60.9 Å². The van der Waals surface area contributed by atoms with Gasteiger partial charge in [0.2, 0.25) is 10.0 Å². The molecule has 0 saturated carbocycles. The third-order valence-electron chi connectivity index (χ3n) is 4.88. The highest BCUT2D eigenvalue weighted by molar-refractivity contribution is 7.92. The van der Waals surface area contributed by atoms with Crippen LogP contribution >= 0.6 is 0 Å². The van der Waals surface area contributed by atoms with E-state index in [2.05, 4.69) is 17.0 Å². The number of benzene rings is 2. The minimum absolute atomic E-state index is 0.0112. The van der Waals surface area contributed by atoms with Gasteiger partial charge in [-0.15, -0.1) is 0 Å². The van der Waals surface area contributed by atoms with E-state index in [1.165, 1.54) is 16.9 Å². The van der Waals surface area contributed by atoms with Crippen molar-refractivity contribution in [2.45, 2.75) is 6.54 Å². The average molecular weight is 388 g/mol. The van der Waals surface area contributed by atoms with Gasteiger partial charge in [0.1, 0.15) is 0 Å². The molecule has 144 valence electrons. The van der Waals surface area contributed by atoms with Crippen LogP contribution < -0.4 is 4.31 Å². The van der Waals surface area contributed by atoms with Crippen LogP contribution in [0.5, 0.6) is 0 Å². The maximum atomic E-state index is 12.7. The van der Waals surface area contributed by atoms with Crippen molar-refractivity contribution in [3.05, 3.63) is 65.7 Å². The van der Waals surface area contributed by atoms with Crippen LogP contribution in [0.4, 0.5) is 5.69 Å². The summed E-state index contributed by atoms with van der Waals surface area (Å²) < 4.78 is 24.4. The van der Waals surface area contributed by atoms with E-state index in [0.717, 1.165) is 25.9 Å².